The molecule has 0 heterocycles. The van der Waals surface area contributed by atoms with E-state index in [0.717, 1.165) is 0 Å². The fourth-order valence-electron chi connectivity index (χ4n) is 0. The van der Waals surface area contributed by atoms with Gasteiger partial charge in [-0.3, -0.25) is 5.43 Å². The first kappa shape index (κ1) is 8.95. The van der Waals surface area contributed by atoms with Gasteiger partial charge in [0, 0.05) is 0 Å². The standard InChI is InChI=1S/CH5N3O.H3N/c2-1(5)4-3;/h3H2,(H3,2,4,5);1H3. The summed E-state index contributed by atoms with van der Waals surface area (Å²) in [7, 11) is 0. The number of amides is 2. The van der Waals surface area contributed by atoms with Gasteiger partial charge in [-0.1, -0.05) is 0 Å². The number of hydrogen-bond acceptors (Lipinski definition) is 3. The SMILES string of the molecule is N.NNC(N)=O. The van der Waals surface area contributed by atoms with Gasteiger partial charge in [-0.05, 0) is 0 Å². The molecule has 0 aromatic heterocycles. The molecule has 0 rings (SSSR count). The summed E-state index contributed by atoms with van der Waals surface area (Å²) in [6.07, 6.45) is 0. The number of hydrogen-bond donors (Lipinski definition) is 4. The van der Waals surface area contributed by atoms with E-state index in [9.17, 15) is 4.79 Å². The highest BCUT2D eigenvalue weighted by atomic mass is 16.2. The number of nitrogens with two attached hydrogens (primary N) is 2. The Morgan fingerprint density at radius 1 is 1.67 bits per heavy atom. The predicted molar refractivity (Wildman–Crippen MR) is 21.9 cm³/mol. The van der Waals surface area contributed by atoms with Crippen LogP contribution in [-0.2, 0) is 0 Å². The zero-order valence-corrected chi connectivity index (χ0v) is 3.27. The molecule has 0 aromatic rings. The molecule has 0 saturated heterocycles. The maximum atomic E-state index is 9.35. The van der Waals surface area contributed by atoms with Crippen molar-refractivity contribution in [3.8, 4) is 0 Å². The van der Waals surface area contributed by atoms with Crippen LogP contribution >= 0.6 is 0 Å². The topological polar surface area (TPSA) is 116 Å². The molecule has 0 unspecified atom stereocenters. The molecule has 2 amide bonds. The van der Waals surface area contributed by atoms with Crippen LogP contribution in [0, 0.1) is 0 Å². The molecule has 0 aromatic carbocycles. The highest BCUT2D eigenvalue weighted by Gasteiger charge is 1.73. The molecule has 38 valence electrons. The second kappa shape index (κ2) is 4.19. The van der Waals surface area contributed by atoms with Crippen molar-refractivity contribution in [1.82, 2.24) is 11.6 Å². The van der Waals surface area contributed by atoms with Crippen molar-refractivity contribution in [3.05, 3.63) is 0 Å². The number of urea groups is 1. The van der Waals surface area contributed by atoms with Gasteiger partial charge in [0.15, 0.2) is 0 Å². The minimum atomic E-state index is -0.718. The minimum Gasteiger partial charge on any atom is -0.351 e. The van der Waals surface area contributed by atoms with E-state index in [0.29, 0.717) is 0 Å². The van der Waals surface area contributed by atoms with Crippen LogP contribution in [0.25, 0.3) is 0 Å². The first-order valence-corrected chi connectivity index (χ1v) is 1.03. The molecule has 5 heteroatoms. The maximum Gasteiger partial charge on any atom is 0.326 e. The van der Waals surface area contributed by atoms with Gasteiger partial charge >= 0.3 is 6.03 Å². The molecule has 0 radical (unpaired) electrons. The Morgan fingerprint density at radius 2 is 1.83 bits per heavy atom. The van der Waals surface area contributed by atoms with Crippen molar-refractivity contribution in [1.29, 1.82) is 0 Å². The van der Waals surface area contributed by atoms with Crippen molar-refractivity contribution in [3.63, 3.8) is 0 Å². The zero-order chi connectivity index (χ0) is 4.28. The molecule has 0 spiro atoms. The average Bonchev–Trinajstić information content (AvgIpc) is 1.38. The number of hydrazine groups is 1. The van der Waals surface area contributed by atoms with Crippen molar-refractivity contribution >= 4 is 6.03 Å². The van der Waals surface area contributed by atoms with E-state index < -0.39 is 6.03 Å². The molecule has 0 atom stereocenters. The number of primary amides is 1. The molecule has 0 aliphatic carbocycles. The Morgan fingerprint density at radius 3 is 1.83 bits per heavy atom. The van der Waals surface area contributed by atoms with Gasteiger partial charge in [0.25, 0.3) is 0 Å². The normalized spacial score (nSPS) is 5.50. The summed E-state index contributed by atoms with van der Waals surface area (Å²) in [4.78, 5) is 9.35. The van der Waals surface area contributed by atoms with Crippen LogP contribution in [0.1, 0.15) is 0 Å². The van der Waals surface area contributed by atoms with E-state index in [4.69, 9.17) is 0 Å². The van der Waals surface area contributed by atoms with Gasteiger partial charge in [0.1, 0.15) is 0 Å². The average molecular weight is 92.1 g/mol. The van der Waals surface area contributed by atoms with Crippen LogP contribution < -0.4 is 23.2 Å². The summed E-state index contributed by atoms with van der Waals surface area (Å²) in [5.41, 5.74) is 6.08. The summed E-state index contributed by atoms with van der Waals surface area (Å²) in [6, 6.07) is -0.718. The first-order valence-electron chi connectivity index (χ1n) is 1.03. The van der Waals surface area contributed by atoms with Gasteiger partial charge in [-0.25, -0.2) is 10.6 Å². The quantitative estimate of drug-likeness (QED) is 0.169. The molecule has 5 nitrogen and oxygen atoms in total. The lowest BCUT2D eigenvalue weighted by atomic mass is 11.2. The molecule has 0 bridgehead atoms. The highest BCUT2D eigenvalue weighted by Crippen LogP contribution is 1.34. The van der Waals surface area contributed by atoms with Crippen LogP contribution in [0.15, 0.2) is 0 Å². The Hall–Kier alpha value is -0.810. The summed E-state index contributed by atoms with van der Waals surface area (Å²) >= 11 is 0. The third kappa shape index (κ3) is 10.8. The van der Waals surface area contributed by atoms with Crippen molar-refractivity contribution < 1.29 is 4.79 Å². The van der Waals surface area contributed by atoms with E-state index >= 15 is 0 Å². The van der Waals surface area contributed by atoms with Crippen LogP contribution in [-0.4, -0.2) is 6.03 Å². The monoisotopic (exact) mass is 92.1 g/mol. The third-order valence-corrected chi connectivity index (χ3v) is 0.142. The number of rotatable bonds is 0. The molecule has 0 aliphatic rings. The fraction of sp³-hybridized carbons (Fsp3) is 0. The zero-order valence-electron chi connectivity index (χ0n) is 3.27. The van der Waals surface area contributed by atoms with Crippen LogP contribution in [0.5, 0.6) is 0 Å². The van der Waals surface area contributed by atoms with E-state index in [-0.39, 0.29) is 6.15 Å². The molecular formula is CH8N4O. The van der Waals surface area contributed by atoms with Gasteiger partial charge in [-0.2, -0.15) is 0 Å². The van der Waals surface area contributed by atoms with Crippen molar-refractivity contribution in [2.75, 3.05) is 0 Å². The number of carbonyl (C=O) groups is 1. The molecular weight excluding hydrogens is 84.0 g/mol. The molecule has 6 heavy (non-hydrogen) atoms. The van der Waals surface area contributed by atoms with Gasteiger partial charge in [0.2, 0.25) is 0 Å². The lowest BCUT2D eigenvalue weighted by molar-refractivity contribution is 0.249. The second-order valence-corrected chi connectivity index (χ2v) is 0.509. The second-order valence-electron chi connectivity index (χ2n) is 0.509. The van der Waals surface area contributed by atoms with Crippen molar-refractivity contribution in [2.24, 2.45) is 11.6 Å². The van der Waals surface area contributed by atoms with Gasteiger partial charge < -0.3 is 11.9 Å². The van der Waals surface area contributed by atoms with Gasteiger partial charge in [0.05, 0.1) is 0 Å². The molecule has 0 saturated carbocycles. The van der Waals surface area contributed by atoms with Crippen LogP contribution in [0.3, 0.4) is 0 Å². The van der Waals surface area contributed by atoms with E-state index in [1.165, 1.54) is 0 Å². The fourth-order valence-corrected chi connectivity index (χ4v) is 0. The molecule has 0 fully saturated rings. The molecule has 8 N–H and O–H groups in total. The lowest BCUT2D eigenvalue weighted by Gasteiger charge is -1.81. The Bertz CT molecular complexity index is 42.8. The Labute approximate surface area is 35.2 Å². The summed E-state index contributed by atoms with van der Waals surface area (Å²) in [6.45, 7) is 0. The number of carbonyl (C=O) groups excluding carboxylic acids is 1. The van der Waals surface area contributed by atoms with E-state index in [1.54, 1.807) is 5.43 Å². The van der Waals surface area contributed by atoms with E-state index in [1.807, 2.05) is 0 Å². The lowest BCUT2D eigenvalue weighted by Crippen LogP contribution is -2.34. The maximum absolute atomic E-state index is 9.35. The van der Waals surface area contributed by atoms with E-state index in [2.05, 4.69) is 11.6 Å². The Kier molecular flexibility index (Phi) is 6.25. The van der Waals surface area contributed by atoms with Crippen LogP contribution in [0.4, 0.5) is 4.79 Å². The third-order valence-electron chi connectivity index (χ3n) is 0.142. The Balaban J connectivity index is 0. The predicted octanol–water partition coefficient (Wildman–Crippen LogP) is -1.31. The molecule has 0 aliphatic heterocycles. The minimum absolute atomic E-state index is 0. The smallest absolute Gasteiger partial charge is 0.326 e. The highest BCUT2D eigenvalue weighted by molar-refractivity contribution is 5.70. The van der Waals surface area contributed by atoms with Gasteiger partial charge in [-0.15, -0.1) is 0 Å². The number of nitrogens with one attached hydrogen (secondary N) is 1. The first-order chi connectivity index (χ1) is 2.27. The van der Waals surface area contributed by atoms with Crippen LogP contribution in [0.2, 0.25) is 0 Å². The summed E-state index contributed by atoms with van der Waals surface area (Å²) < 4.78 is 0. The largest absolute Gasteiger partial charge is 0.351 e. The summed E-state index contributed by atoms with van der Waals surface area (Å²) in [5.74, 6) is 4.45. The summed E-state index contributed by atoms with van der Waals surface area (Å²) in [5, 5.41) is 0. The van der Waals surface area contributed by atoms with Crippen molar-refractivity contribution in [2.45, 2.75) is 0 Å².